The van der Waals surface area contributed by atoms with E-state index in [1.54, 1.807) is 0 Å². The molecule has 0 aliphatic heterocycles. The van der Waals surface area contributed by atoms with E-state index >= 15 is 0 Å². The molecule has 0 amide bonds. The molecule has 0 fully saturated rings. The first-order chi connectivity index (χ1) is 6.57. The molecule has 1 nitrogen and oxygen atoms in total. The number of benzene rings is 1. The Morgan fingerprint density at radius 2 is 1.93 bits per heavy atom. The molecule has 0 saturated carbocycles. The third kappa shape index (κ3) is 2.11. The molecule has 0 aromatic heterocycles. The molecule has 0 unspecified atom stereocenters. The van der Waals surface area contributed by atoms with Crippen molar-refractivity contribution in [2.24, 2.45) is 5.73 Å². The van der Waals surface area contributed by atoms with Gasteiger partial charge in [0.2, 0.25) is 0 Å². The van der Waals surface area contributed by atoms with Crippen molar-refractivity contribution in [3.63, 3.8) is 0 Å². The van der Waals surface area contributed by atoms with Crippen LogP contribution in [0.15, 0.2) is 18.7 Å². The summed E-state index contributed by atoms with van der Waals surface area (Å²) in [5, 5.41) is -0.233. The second-order valence-electron chi connectivity index (χ2n) is 2.86. The predicted molar refractivity (Wildman–Crippen MR) is 54.1 cm³/mol. The predicted octanol–water partition coefficient (Wildman–Crippen LogP) is 2.98. The number of hydrogen-bond donors (Lipinski definition) is 1. The van der Waals surface area contributed by atoms with Crippen molar-refractivity contribution < 1.29 is 8.78 Å². The first kappa shape index (κ1) is 11.1. The lowest BCUT2D eigenvalue weighted by Crippen LogP contribution is -2.01. The molecule has 1 aromatic carbocycles. The van der Waals surface area contributed by atoms with Gasteiger partial charge in [-0.2, -0.15) is 0 Å². The summed E-state index contributed by atoms with van der Waals surface area (Å²) in [7, 11) is 0. The lowest BCUT2D eigenvalue weighted by atomic mass is 10.0. The molecule has 0 aliphatic rings. The maximum atomic E-state index is 13.3. The Balaban J connectivity index is 3.18. The van der Waals surface area contributed by atoms with Crippen LogP contribution < -0.4 is 5.73 Å². The van der Waals surface area contributed by atoms with Crippen molar-refractivity contribution in [2.45, 2.75) is 6.42 Å². The average molecular weight is 218 g/mol. The number of rotatable bonds is 3. The summed E-state index contributed by atoms with van der Waals surface area (Å²) >= 11 is 5.61. The van der Waals surface area contributed by atoms with Crippen LogP contribution in [-0.2, 0) is 0 Å². The summed E-state index contributed by atoms with van der Waals surface area (Å²) in [6.45, 7) is 3.93. The minimum absolute atomic E-state index is 0.0251. The third-order valence-corrected chi connectivity index (χ3v) is 2.21. The Bertz CT molecular complexity index is 363. The quantitative estimate of drug-likeness (QED) is 0.774. The molecule has 0 aliphatic carbocycles. The van der Waals surface area contributed by atoms with Crippen LogP contribution in [0.25, 0.3) is 5.57 Å². The summed E-state index contributed by atoms with van der Waals surface area (Å²) in [4.78, 5) is 0. The number of nitrogens with two attached hydrogens (primary N) is 1. The fourth-order valence-electron chi connectivity index (χ4n) is 1.15. The average Bonchev–Trinajstić information content (AvgIpc) is 2.13. The van der Waals surface area contributed by atoms with Gasteiger partial charge in [0, 0.05) is 5.56 Å². The Kier molecular flexibility index (Phi) is 3.61. The van der Waals surface area contributed by atoms with E-state index in [4.69, 9.17) is 17.3 Å². The van der Waals surface area contributed by atoms with Crippen molar-refractivity contribution >= 4 is 17.2 Å². The maximum Gasteiger partial charge on any atom is 0.142 e. The first-order valence-electron chi connectivity index (χ1n) is 4.09. The van der Waals surface area contributed by atoms with Crippen molar-refractivity contribution in [1.29, 1.82) is 0 Å². The van der Waals surface area contributed by atoms with Gasteiger partial charge in [-0.25, -0.2) is 8.78 Å². The molecule has 4 heteroatoms. The molecule has 0 bridgehead atoms. The van der Waals surface area contributed by atoms with Gasteiger partial charge < -0.3 is 5.73 Å². The molecule has 0 saturated heterocycles. The molecule has 76 valence electrons. The normalized spacial score (nSPS) is 10.3. The second-order valence-corrected chi connectivity index (χ2v) is 3.24. The standard InChI is InChI=1S/C10H10ClF2N/c1-6(4-5-14)9-7(12)2-3-8(13)10(9)11/h2-3H,1,4-5,14H2. The van der Waals surface area contributed by atoms with Gasteiger partial charge in [-0.05, 0) is 30.7 Å². The zero-order chi connectivity index (χ0) is 10.7. The van der Waals surface area contributed by atoms with Gasteiger partial charge in [-0.1, -0.05) is 18.2 Å². The molecular formula is C10H10ClF2N. The van der Waals surface area contributed by atoms with Crippen LogP contribution in [0.2, 0.25) is 5.02 Å². The van der Waals surface area contributed by atoms with E-state index in [-0.39, 0.29) is 10.6 Å². The highest BCUT2D eigenvalue weighted by atomic mass is 35.5. The molecule has 0 heterocycles. The molecule has 1 aromatic rings. The lowest BCUT2D eigenvalue weighted by molar-refractivity contribution is 0.596. The van der Waals surface area contributed by atoms with Crippen LogP contribution >= 0.6 is 11.6 Å². The van der Waals surface area contributed by atoms with Crippen LogP contribution in [0.4, 0.5) is 8.78 Å². The lowest BCUT2D eigenvalue weighted by Gasteiger charge is -2.08. The van der Waals surface area contributed by atoms with Crippen LogP contribution in [0, 0.1) is 11.6 Å². The zero-order valence-corrected chi connectivity index (χ0v) is 8.24. The van der Waals surface area contributed by atoms with Crippen LogP contribution in [0.1, 0.15) is 12.0 Å². The highest BCUT2D eigenvalue weighted by molar-refractivity contribution is 6.32. The van der Waals surface area contributed by atoms with Crippen LogP contribution in [0.5, 0.6) is 0 Å². The molecule has 0 atom stereocenters. The summed E-state index contributed by atoms with van der Waals surface area (Å²) in [6.07, 6.45) is 0.389. The van der Waals surface area contributed by atoms with Gasteiger partial charge in [-0.15, -0.1) is 0 Å². The molecule has 1 rings (SSSR count). The number of hydrogen-bond acceptors (Lipinski definition) is 1. The largest absolute Gasteiger partial charge is 0.330 e. The Labute approximate surface area is 86.2 Å². The molecule has 0 spiro atoms. The van der Waals surface area contributed by atoms with Gasteiger partial charge in [0.05, 0.1) is 5.02 Å². The van der Waals surface area contributed by atoms with Gasteiger partial charge in [0.1, 0.15) is 11.6 Å². The highest BCUT2D eigenvalue weighted by Gasteiger charge is 2.13. The van der Waals surface area contributed by atoms with Gasteiger partial charge in [0.15, 0.2) is 0 Å². The minimum Gasteiger partial charge on any atom is -0.330 e. The summed E-state index contributed by atoms with van der Waals surface area (Å²) in [6, 6.07) is 2.01. The van der Waals surface area contributed by atoms with E-state index in [9.17, 15) is 8.78 Å². The number of halogens is 3. The van der Waals surface area contributed by atoms with Gasteiger partial charge >= 0.3 is 0 Å². The fourth-order valence-corrected chi connectivity index (χ4v) is 1.44. The van der Waals surface area contributed by atoms with Gasteiger partial charge in [0.25, 0.3) is 0 Å². The maximum absolute atomic E-state index is 13.3. The van der Waals surface area contributed by atoms with E-state index in [0.29, 0.717) is 18.5 Å². The molecule has 14 heavy (non-hydrogen) atoms. The topological polar surface area (TPSA) is 26.0 Å². The summed E-state index contributed by atoms with van der Waals surface area (Å²) < 4.78 is 26.2. The van der Waals surface area contributed by atoms with E-state index in [2.05, 4.69) is 6.58 Å². The summed E-state index contributed by atoms with van der Waals surface area (Å²) in [5.41, 5.74) is 5.72. The van der Waals surface area contributed by atoms with Crippen LogP contribution in [0.3, 0.4) is 0 Å². The second kappa shape index (κ2) is 4.53. The van der Waals surface area contributed by atoms with Crippen molar-refractivity contribution in [3.8, 4) is 0 Å². The fraction of sp³-hybridized carbons (Fsp3) is 0.200. The Morgan fingerprint density at radius 1 is 1.36 bits per heavy atom. The molecule has 0 radical (unpaired) electrons. The Morgan fingerprint density at radius 3 is 2.50 bits per heavy atom. The van der Waals surface area contributed by atoms with E-state index in [1.807, 2.05) is 0 Å². The van der Waals surface area contributed by atoms with E-state index in [1.165, 1.54) is 0 Å². The highest BCUT2D eigenvalue weighted by Crippen LogP contribution is 2.29. The van der Waals surface area contributed by atoms with E-state index in [0.717, 1.165) is 12.1 Å². The monoisotopic (exact) mass is 217 g/mol. The van der Waals surface area contributed by atoms with Crippen LogP contribution in [-0.4, -0.2) is 6.54 Å². The minimum atomic E-state index is -0.652. The smallest absolute Gasteiger partial charge is 0.142 e. The third-order valence-electron chi connectivity index (χ3n) is 1.84. The zero-order valence-electron chi connectivity index (χ0n) is 7.49. The van der Waals surface area contributed by atoms with Crippen molar-refractivity contribution in [1.82, 2.24) is 0 Å². The van der Waals surface area contributed by atoms with E-state index < -0.39 is 11.6 Å². The SMILES string of the molecule is C=C(CCN)c1c(F)ccc(F)c1Cl. The summed E-state index contributed by atoms with van der Waals surface area (Å²) in [5.74, 6) is -1.23. The molecule has 2 N–H and O–H groups in total. The Hall–Kier alpha value is -0.930. The van der Waals surface area contributed by atoms with Crippen molar-refractivity contribution in [2.75, 3.05) is 6.54 Å². The first-order valence-corrected chi connectivity index (χ1v) is 4.47. The molecular weight excluding hydrogens is 208 g/mol. The van der Waals surface area contributed by atoms with Gasteiger partial charge in [-0.3, -0.25) is 0 Å². The van der Waals surface area contributed by atoms with Crippen molar-refractivity contribution in [3.05, 3.63) is 40.9 Å².